The smallest absolute Gasteiger partial charge is 0.264 e. The second kappa shape index (κ2) is 9.19. The summed E-state index contributed by atoms with van der Waals surface area (Å²) < 4.78 is 27.2. The van der Waals surface area contributed by atoms with Gasteiger partial charge in [-0.15, -0.1) is 0 Å². The lowest BCUT2D eigenvalue weighted by atomic mass is 10.0. The van der Waals surface area contributed by atoms with E-state index in [0.717, 1.165) is 6.26 Å². The number of hydrogen-bond donors (Lipinski definition) is 4. The molecule has 1 aromatic carbocycles. The van der Waals surface area contributed by atoms with Crippen LogP contribution in [0.25, 0.3) is 0 Å². The van der Waals surface area contributed by atoms with E-state index < -0.39 is 26.6 Å². The lowest BCUT2D eigenvalue weighted by Crippen LogP contribution is -2.49. The van der Waals surface area contributed by atoms with Crippen molar-refractivity contribution < 1.29 is 33.2 Å². The fraction of sp³-hybridized carbons (Fsp3) is 0.368. The maximum absolute atomic E-state index is 12.0. The van der Waals surface area contributed by atoms with Crippen molar-refractivity contribution in [3.63, 3.8) is 0 Å². The van der Waals surface area contributed by atoms with E-state index in [1.165, 1.54) is 18.5 Å². The number of carbonyl (C=O) groups excluding carboxylic acids is 1. The van der Waals surface area contributed by atoms with Crippen molar-refractivity contribution >= 4 is 15.7 Å². The molecule has 156 valence electrons. The van der Waals surface area contributed by atoms with Crippen molar-refractivity contribution in [2.75, 3.05) is 12.9 Å². The van der Waals surface area contributed by atoms with Gasteiger partial charge in [0.15, 0.2) is 9.84 Å². The average molecular weight is 422 g/mol. The van der Waals surface area contributed by atoms with Gasteiger partial charge in [0.2, 0.25) is 5.76 Å². The molecule has 0 aliphatic heterocycles. The Labute approximate surface area is 168 Å². The van der Waals surface area contributed by atoms with Crippen molar-refractivity contribution in [2.45, 2.75) is 30.6 Å². The molecule has 1 amide bonds. The molecule has 2 atom stereocenters. The van der Waals surface area contributed by atoms with Gasteiger partial charge in [-0.05, 0) is 43.4 Å². The topological polar surface area (TPSA) is 150 Å². The van der Waals surface area contributed by atoms with Gasteiger partial charge < -0.3 is 14.7 Å². The Morgan fingerprint density at radius 2 is 1.97 bits per heavy atom. The number of hydrogen-bond acceptors (Lipinski definition) is 8. The van der Waals surface area contributed by atoms with E-state index in [9.17, 15) is 18.3 Å². The van der Waals surface area contributed by atoms with Crippen LogP contribution in [0.2, 0.25) is 0 Å². The number of rotatable bonds is 7. The quantitative estimate of drug-likeness (QED) is 0.283. The summed E-state index contributed by atoms with van der Waals surface area (Å²) in [6.07, 6.45) is -0.00558. The van der Waals surface area contributed by atoms with E-state index in [4.69, 9.17) is 14.8 Å². The van der Waals surface area contributed by atoms with Gasteiger partial charge in [0.05, 0.1) is 12.3 Å². The number of amides is 1. The molecule has 0 spiro atoms. The molecule has 10 heteroatoms. The fourth-order valence-corrected chi connectivity index (χ4v) is 3.32. The molecular formula is C19H22N2O7S. The predicted octanol–water partition coefficient (Wildman–Crippen LogP) is 0.341. The summed E-state index contributed by atoms with van der Waals surface area (Å²) in [5, 5.41) is 31.1. The minimum Gasteiger partial charge on any atom is -0.393 e. The van der Waals surface area contributed by atoms with Gasteiger partial charge >= 0.3 is 0 Å². The second-order valence-electron chi connectivity index (χ2n) is 6.70. The van der Waals surface area contributed by atoms with Crippen molar-refractivity contribution in [2.24, 2.45) is 0 Å². The third-order valence-corrected chi connectivity index (χ3v) is 6.64. The highest BCUT2D eigenvalue weighted by molar-refractivity contribution is 7.92. The zero-order valence-corrected chi connectivity index (χ0v) is 16.7. The predicted molar refractivity (Wildman–Crippen MR) is 102 cm³/mol. The SMILES string of the molecule is CC(CCc1cc(C#Cc2ccc([C@H](O)CO)cc2)on1)(C(=O)NO)S(C)(=O)=O. The summed E-state index contributed by atoms with van der Waals surface area (Å²) in [6, 6.07) is 8.20. The Hall–Kier alpha value is -2.71. The molecule has 2 rings (SSSR count). The van der Waals surface area contributed by atoms with Gasteiger partial charge in [0.1, 0.15) is 10.9 Å². The number of nitrogens with one attached hydrogen (secondary N) is 1. The molecular weight excluding hydrogens is 400 g/mol. The van der Waals surface area contributed by atoms with Crippen molar-refractivity contribution in [3.05, 3.63) is 52.9 Å². The Balaban J connectivity index is 2.08. The lowest BCUT2D eigenvalue weighted by Gasteiger charge is -2.24. The van der Waals surface area contributed by atoms with E-state index >= 15 is 0 Å². The van der Waals surface area contributed by atoms with Crippen LogP contribution in [0.5, 0.6) is 0 Å². The number of aryl methyl sites for hydroxylation is 1. The summed E-state index contributed by atoms with van der Waals surface area (Å²) >= 11 is 0. The molecule has 0 saturated carbocycles. The van der Waals surface area contributed by atoms with Gasteiger partial charge in [-0.25, -0.2) is 13.9 Å². The maximum atomic E-state index is 12.0. The highest BCUT2D eigenvalue weighted by atomic mass is 32.2. The van der Waals surface area contributed by atoms with Crippen molar-refractivity contribution in [3.8, 4) is 11.8 Å². The first kappa shape index (κ1) is 22.6. The summed E-state index contributed by atoms with van der Waals surface area (Å²) in [7, 11) is -3.79. The molecule has 0 fully saturated rings. The van der Waals surface area contributed by atoms with E-state index in [2.05, 4.69) is 17.0 Å². The molecule has 4 N–H and O–H groups in total. The molecule has 1 unspecified atom stereocenters. The summed E-state index contributed by atoms with van der Waals surface area (Å²) in [5.41, 5.74) is 3.03. The van der Waals surface area contributed by atoms with Gasteiger partial charge in [0, 0.05) is 17.9 Å². The van der Waals surface area contributed by atoms with E-state index in [0.29, 0.717) is 16.8 Å². The van der Waals surface area contributed by atoms with E-state index in [1.54, 1.807) is 24.3 Å². The molecule has 0 aliphatic rings. The Kier molecular flexibility index (Phi) is 7.16. The molecule has 0 bridgehead atoms. The number of aliphatic hydroxyl groups is 2. The van der Waals surface area contributed by atoms with Gasteiger partial charge in [-0.2, -0.15) is 0 Å². The molecule has 1 heterocycles. The van der Waals surface area contributed by atoms with E-state index in [-0.39, 0.29) is 25.2 Å². The van der Waals surface area contributed by atoms with Crippen LogP contribution in [-0.2, 0) is 21.1 Å². The fourth-order valence-electron chi connectivity index (χ4n) is 2.47. The Morgan fingerprint density at radius 1 is 1.31 bits per heavy atom. The Bertz CT molecular complexity index is 1020. The monoisotopic (exact) mass is 422 g/mol. The van der Waals surface area contributed by atoms with Crippen molar-refractivity contribution in [1.82, 2.24) is 10.6 Å². The first-order chi connectivity index (χ1) is 13.6. The van der Waals surface area contributed by atoms with Gasteiger partial charge in [-0.1, -0.05) is 23.2 Å². The molecule has 0 aliphatic carbocycles. The number of carbonyl (C=O) groups is 1. The maximum Gasteiger partial charge on any atom is 0.264 e. The minimum absolute atomic E-state index is 0.105. The van der Waals surface area contributed by atoms with Gasteiger partial charge in [0.25, 0.3) is 5.91 Å². The Morgan fingerprint density at radius 3 is 2.52 bits per heavy atom. The van der Waals surface area contributed by atoms with Crippen LogP contribution < -0.4 is 5.48 Å². The first-order valence-electron chi connectivity index (χ1n) is 8.61. The summed E-state index contributed by atoms with van der Waals surface area (Å²) in [5.74, 6) is 4.88. The molecule has 29 heavy (non-hydrogen) atoms. The number of aliphatic hydroxyl groups excluding tert-OH is 2. The number of sulfone groups is 1. The van der Waals surface area contributed by atoms with Crippen LogP contribution >= 0.6 is 0 Å². The van der Waals surface area contributed by atoms with Gasteiger partial charge in [-0.3, -0.25) is 10.0 Å². The summed E-state index contributed by atoms with van der Waals surface area (Å²) in [4.78, 5) is 11.8. The van der Waals surface area contributed by atoms with Crippen LogP contribution in [0.3, 0.4) is 0 Å². The zero-order chi connectivity index (χ0) is 21.7. The van der Waals surface area contributed by atoms with Crippen LogP contribution in [0.4, 0.5) is 0 Å². The largest absolute Gasteiger partial charge is 0.393 e. The van der Waals surface area contributed by atoms with Crippen LogP contribution in [0, 0.1) is 11.8 Å². The minimum atomic E-state index is -3.79. The zero-order valence-electron chi connectivity index (χ0n) is 15.9. The normalized spacial score (nSPS) is 14.4. The molecule has 0 saturated heterocycles. The standard InChI is InChI=1S/C19H22N2O7S/c1-19(18(24)20-25,29(2,26)27)10-9-15-11-16(28-21-15)8-5-13-3-6-14(7-4-13)17(23)12-22/h3-4,6-7,11,17,22-23,25H,9-10,12H2,1-2H3,(H,20,24)/t17-,19?/m1/s1. The third kappa shape index (κ3) is 5.42. The average Bonchev–Trinajstić information content (AvgIpc) is 3.16. The molecule has 1 aromatic heterocycles. The highest BCUT2D eigenvalue weighted by Crippen LogP contribution is 2.23. The lowest BCUT2D eigenvalue weighted by molar-refractivity contribution is -0.131. The highest BCUT2D eigenvalue weighted by Gasteiger charge is 2.43. The first-order valence-corrected chi connectivity index (χ1v) is 10.5. The molecule has 9 nitrogen and oxygen atoms in total. The van der Waals surface area contributed by atoms with Crippen LogP contribution in [0.15, 0.2) is 34.9 Å². The molecule has 0 radical (unpaired) electrons. The second-order valence-corrected chi connectivity index (χ2v) is 9.14. The number of aromatic nitrogens is 1. The number of hydroxylamine groups is 1. The van der Waals surface area contributed by atoms with Crippen LogP contribution in [0.1, 0.15) is 42.0 Å². The third-order valence-electron chi connectivity index (χ3n) is 4.62. The number of nitrogens with zero attached hydrogens (tertiary/aromatic N) is 1. The molecule has 2 aromatic rings. The van der Waals surface area contributed by atoms with Crippen LogP contribution in [-0.4, -0.2) is 52.5 Å². The number of benzene rings is 1. The summed E-state index contributed by atoms with van der Waals surface area (Å²) in [6.45, 7) is 0.857. The van der Waals surface area contributed by atoms with Crippen molar-refractivity contribution in [1.29, 1.82) is 0 Å². The van der Waals surface area contributed by atoms with E-state index in [1.807, 2.05) is 0 Å².